The van der Waals surface area contributed by atoms with Crippen LogP contribution in [-0.4, -0.2) is 71.5 Å². The van der Waals surface area contributed by atoms with Gasteiger partial charge >= 0.3 is 0 Å². The lowest BCUT2D eigenvalue weighted by Crippen LogP contribution is -2.58. The summed E-state index contributed by atoms with van der Waals surface area (Å²) in [7, 11) is 0. The Morgan fingerprint density at radius 3 is 2.62 bits per heavy atom. The molecule has 2 fully saturated rings. The minimum Gasteiger partial charge on any atom is -0.491 e. The van der Waals surface area contributed by atoms with E-state index in [1.807, 2.05) is 56.0 Å². The number of morpholine rings is 1. The van der Waals surface area contributed by atoms with E-state index in [4.69, 9.17) is 9.47 Å². The number of alkyl halides is 2. The number of likely N-dealkylation sites (tertiary alicyclic amines) is 1. The molecule has 34 heavy (non-hydrogen) atoms. The van der Waals surface area contributed by atoms with Gasteiger partial charge in [-0.1, -0.05) is 6.07 Å². The number of piperidine rings is 1. The Bertz CT molecular complexity index is 979. The fourth-order valence-corrected chi connectivity index (χ4v) is 4.88. The molecular formula is C26H33F2N3O3. The normalized spacial score (nSPS) is 20.8. The van der Waals surface area contributed by atoms with Crippen molar-refractivity contribution in [2.24, 2.45) is 0 Å². The zero-order valence-electron chi connectivity index (χ0n) is 20.0. The van der Waals surface area contributed by atoms with Gasteiger partial charge in [0, 0.05) is 37.9 Å². The number of nitrogens with zero attached hydrogens (tertiary/aromatic N) is 3. The van der Waals surface area contributed by atoms with Crippen molar-refractivity contribution >= 4 is 5.91 Å². The molecule has 8 heteroatoms. The number of hydrogen-bond acceptors (Lipinski definition) is 5. The van der Waals surface area contributed by atoms with E-state index in [9.17, 15) is 13.6 Å². The Morgan fingerprint density at radius 2 is 2.00 bits per heavy atom. The van der Waals surface area contributed by atoms with Gasteiger partial charge in [0.2, 0.25) is 0 Å². The van der Waals surface area contributed by atoms with Crippen LogP contribution in [0.3, 0.4) is 0 Å². The van der Waals surface area contributed by atoms with Crippen LogP contribution in [0.4, 0.5) is 8.78 Å². The lowest BCUT2D eigenvalue weighted by atomic mass is 9.87. The first-order valence-corrected chi connectivity index (χ1v) is 11.9. The van der Waals surface area contributed by atoms with E-state index in [0.29, 0.717) is 44.6 Å². The summed E-state index contributed by atoms with van der Waals surface area (Å²) in [5.74, 6) is 0.745. The number of aromatic nitrogens is 1. The van der Waals surface area contributed by atoms with Crippen LogP contribution in [0.25, 0.3) is 0 Å². The molecule has 0 radical (unpaired) electrons. The molecule has 1 amide bonds. The lowest BCUT2D eigenvalue weighted by molar-refractivity contribution is -0.181. The summed E-state index contributed by atoms with van der Waals surface area (Å²) in [6, 6.07) is 11.1. The Hall–Kier alpha value is -2.58. The number of halogens is 2. The van der Waals surface area contributed by atoms with Crippen molar-refractivity contribution in [1.82, 2.24) is 14.8 Å². The molecule has 1 atom stereocenters. The first-order chi connectivity index (χ1) is 16.2. The van der Waals surface area contributed by atoms with Crippen LogP contribution in [0.15, 0.2) is 42.6 Å². The first-order valence-electron chi connectivity index (χ1n) is 11.9. The molecule has 0 N–H and O–H groups in total. The van der Waals surface area contributed by atoms with Crippen molar-refractivity contribution in [2.75, 3.05) is 32.7 Å². The molecule has 2 aliphatic heterocycles. The summed E-state index contributed by atoms with van der Waals surface area (Å²) in [5.41, 5.74) is 1.72. The predicted octanol–water partition coefficient (Wildman–Crippen LogP) is 4.49. The van der Waals surface area contributed by atoms with Gasteiger partial charge in [-0.2, -0.15) is 0 Å². The van der Waals surface area contributed by atoms with Crippen molar-refractivity contribution in [3.8, 4) is 5.75 Å². The second-order valence-corrected chi connectivity index (χ2v) is 9.57. The van der Waals surface area contributed by atoms with Crippen molar-refractivity contribution < 1.29 is 23.0 Å². The smallest absolute Gasteiger partial charge is 0.253 e. The molecule has 2 saturated heterocycles. The van der Waals surface area contributed by atoms with Crippen molar-refractivity contribution in [2.45, 2.75) is 57.8 Å². The van der Waals surface area contributed by atoms with E-state index in [1.54, 1.807) is 17.2 Å². The van der Waals surface area contributed by atoms with E-state index >= 15 is 0 Å². The maximum Gasteiger partial charge on any atom is 0.253 e. The first kappa shape index (κ1) is 24.5. The molecule has 2 aliphatic rings. The van der Waals surface area contributed by atoms with Crippen LogP contribution in [0.1, 0.15) is 54.4 Å². The van der Waals surface area contributed by atoms with Gasteiger partial charge in [-0.15, -0.1) is 0 Å². The van der Waals surface area contributed by atoms with E-state index in [2.05, 4.69) is 4.98 Å². The number of benzene rings is 1. The molecule has 0 saturated carbocycles. The van der Waals surface area contributed by atoms with Crippen molar-refractivity contribution in [3.05, 3.63) is 59.4 Å². The molecular weight excluding hydrogens is 440 g/mol. The highest BCUT2D eigenvalue weighted by Crippen LogP contribution is 2.38. The summed E-state index contributed by atoms with van der Waals surface area (Å²) >= 11 is 0. The maximum atomic E-state index is 13.2. The average molecular weight is 474 g/mol. The number of carbonyl (C=O) groups excluding carboxylic acids is 1. The third kappa shape index (κ3) is 5.73. The van der Waals surface area contributed by atoms with E-state index in [1.165, 1.54) is 0 Å². The Labute approximate surface area is 199 Å². The molecule has 0 aliphatic carbocycles. The molecule has 1 aromatic heterocycles. The third-order valence-corrected chi connectivity index (χ3v) is 6.49. The monoisotopic (exact) mass is 473 g/mol. The van der Waals surface area contributed by atoms with E-state index < -0.39 is 12.0 Å². The Morgan fingerprint density at radius 1 is 1.24 bits per heavy atom. The summed E-state index contributed by atoms with van der Waals surface area (Å²) in [6.07, 6.45) is 0.163. The number of hydrogen-bond donors (Lipinski definition) is 0. The van der Waals surface area contributed by atoms with Crippen molar-refractivity contribution in [1.29, 1.82) is 0 Å². The van der Waals surface area contributed by atoms with Crippen LogP contribution < -0.4 is 4.74 Å². The van der Waals surface area contributed by atoms with Gasteiger partial charge in [-0.05, 0) is 69.5 Å². The highest BCUT2D eigenvalue weighted by molar-refractivity contribution is 5.94. The van der Waals surface area contributed by atoms with Gasteiger partial charge in [0.25, 0.3) is 12.3 Å². The van der Waals surface area contributed by atoms with Crippen LogP contribution in [0.2, 0.25) is 0 Å². The zero-order valence-corrected chi connectivity index (χ0v) is 20.0. The lowest BCUT2D eigenvalue weighted by Gasteiger charge is -2.49. The topological polar surface area (TPSA) is 54.9 Å². The van der Waals surface area contributed by atoms with Gasteiger partial charge in [0.15, 0.2) is 0 Å². The summed E-state index contributed by atoms with van der Waals surface area (Å²) in [5, 5.41) is 0. The van der Waals surface area contributed by atoms with E-state index in [0.717, 1.165) is 17.0 Å². The quantitative estimate of drug-likeness (QED) is 0.619. The predicted molar refractivity (Wildman–Crippen MR) is 125 cm³/mol. The molecule has 1 aromatic carbocycles. The number of amides is 1. The third-order valence-electron chi connectivity index (χ3n) is 6.49. The van der Waals surface area contributed by atoms with Gasteiger partial charge in [0.1, 0.15) is 11.9 Å². The van der Waals surface area contributed by atoms with Crippen LogP contribution >= 0.6 is 0 Å². The fourth-order valence-electron chi connectivity index (χ4n) is 4.88. The summed E-state index contributed by atoms with van der Waals surface area (Å²) < 4.78 is 38.8. The molecule has 2 aromatic rings. The van der Waals surface area contributed by atoms with Crippen LogP contribution in [-0.2, 0) is 4.74 Å². The standard InChI is InChI=1S/C26H33F2N3O3/c1-18(2)33-22-8-7-20(14-19(22)3)25(32)31-12-9-26(10-13-31)17-30(16-24(27)28)15-23(34-26)21-6-4-5-11-29-21/h4-8,11,14,18,23-24H,9-10,12-13,15-17H2,1-3H3. The number of ether oxygens (including phenoxy) is 2. The molecule has 6 nitrogen and oxygen atoms in total. The SMILES string of the molecule is Cc1cc(C(=O)N2CCC3(CC2)CN(CC(F)F)CC(c2ccccn2)O3)ccc1OC(C)C. The maximum absolute atomic E-state index is 13.2. The second kappa shape index (κ2) is 10.4. The second-order valence-electron chi connectivity index (χ2n) is 9.57. The molecule has 0 bridgehead atoms. The fraction of sp³-hybridized carbons (Fsp3) is 0.538. The highest BCUT2D eigenvalue weighted by Gasteiger charge is 2.44. The number of aryl methyl sites for hydroxylation is 1. The summed E-state index contributed by atoms with van der Waals surface area (Å²) in [4.78, 5) is 21.2. The average Bonchev–Trinajstić information content (AvgIpc) is 2.80. The van der Waals surface area contributed by atoms with Crippen LogP contribution in [0.5, 0.6) is 5.75 Å². The van der Waals surface area contributed by atoms with Crippen molar-refractivity contribution in [3.63, 3.8) is 0 Å². The van der Waals surface area contributed by atoms with E-state index in [-0.39, 0.29) is 24.7 Å². The molecule has 3 heterocycles. The van der Waals surface area contributed by atoms with Crippen LogP contribution in [0, 0.1) is 6.92 Å². The number of carbonyl (C=O) groups is 1. The molecule has 1 spiro atoms. The molecule has 1 unspecified atom stereocenters. The number of pyridine rings is 1. The Balaban J connectivity index is 1.45. The van der Waals surface area contributed by atoms with Gasteiger partial charge in [-0.3, -0.25) is 14.7 Å². The zero-order chi connectivity index (χ0) is 24.3. The summed E-state index contributed by atoms with van der Waals surface area (Å²) in [6.45, 7) is 7.43. The minimum atomic E-state index is -2.41. The highest BCUT2D eigenvalue weighted by atomic mass is 19.3. The molecule has 4 rings (SSSR count). The minimum absolute atomic E-state index is 0.0319. The molecule has 184 valence electrons. The van der Waals surface area contributed by atoms with Gasteiger partial charge < -0.3 is 14.4 Å². The largest absolute Gasteiger partial charge is 0.491 e. The Kier molecular flexibility index (Phi) is 7.48. The van der Waals surface area contributed by atoms with Gasteiger partial charge in [-0.25, -0.2) is 8.78 Å². The number of rotatable bonds is 6. The van der Waals surface area contributed by atoms with Gasteiger partial charge in [0.05, 0.1) is 23.9 Å².